The predicted octanol–water partition coefficient (Wildman–Crippen LogP) is 3.40. The van der Waals surface area contributed by atoms with E-state index < -0.39 is 0 Å². The number of hydrogen-bond donors (Lipinski definition) is 1. The van der Waals surface area contributed by atoms with Crippen molar-refractivity contribution in [3.05, 3.63) is 70.9 Å². The van der Waals surface area contributed by atoms with Crippen LogP contribution in [0.3, 0.4) is 0 Å². The van der Waals surface area contributed by atoms with Crippen molar-refractivity contribution in [1.29, 1.82) is 0 Å². The maximum absolute atomic E-state index is 13.1. The van der Waals surface area contributed by atoms with E-state index in [9.17, 15) is 9.59 Å². The Hall–Kier alpha value is -3.55. The molecule has 0 bridgehead atoms. The quantitative estimate of drug-likeness (QED) is 0.651. The maximum Gasteiger partial charge on any atom is 0.272 e. The van der Waals surface area contributed by atoms with Gasteiger partial charge in [0.1, 0.15) is 11.5 Å². The second-order valence-electron chi connectivity index (χ2n) is 8.73. The van der Waals surface area contributed by atoms with Crippen molar-refractivity contribution in [3.63, 3.8) is 0 Å². The number of benzene rings is 1. The van der Waals surface area contributed by atoms with E-state index in [0.29, 0.717) is 43.3 Å². The average Bonchev–Trinajstić information content (AvgIpc) is 3.38. The number of aromatic nitrogens is 4. The molecular weight excluding hydrogens is 416 g/mol. The number of carbonyl (C=O) groups is 2. The van der Waals surface area contributed by atoms with Crippen LogP contribution in [-0.4, -0.2) is 50.0 Å². The van der Waals surface area contributed by atoms with Crippen molar-refractivity contribution in [2.24, 2.45) is 0 Å². The summed E-state index contributed by atoms with van der Waals surface area (Å²) in [4.78, 5) is 39.4. The number of rotatable bonds is 5. The molecule has 0 spiro atoms. The van der Waals surface area contributed by atoms with Gasteiger partial charge in [-0.05, 0) is 50.7 Å². The van der Waals surface area contributed by atoms with Crippen LogP contribution in [0.1, 0.15) is 64.9 Å². The molecule has 0 saturated carbocycles. The number of nitrogens with one attached hydrogen (secondary N) is 1. The number of hydrogen-bond acceptors (Lipinski definition) is 5. The molecule has 33 heavy (non-hydrogen) atoms. The molecule has 2 aliphatic rings. The standard InChI is InChI=1S/C25H28N6O2/c1-17-19-10-11-22(32)31(16-13-18-7-3-2-4-8-18)24(19)28-23(27-17)21-9-5-6-15-30(21)25(33)20-12-14-26-29-20/h2-4,7-8,12,14,21H,5-6,9-11,13,15-16H2,1H3,(H,26,29)/t21-/m1/s1. The third-order valence-corrected chi connectivity index (χ3v) is 6.61. The molecule has 0 radical (unpaired) electrons. The fourth-order valence-electron chi connectivity index (χ4n) is 4.84. The summed E-state index contributed by atoms with van der Waals surface area (Å²) in [6, 6.07) is 11.7. The summed E-state index contributed by atoms with van der Waals surface area (Å²) in [5.41, 5.74) is 3.59. The smallest absolute Gasteiger partial charge is 0.272 e. The summed E-state index contributed by atoms with van der Waals surface area (Å²) < 4.78 is 0. The average molecular weight is 445 g/mol. The van der Waals surface area contributed by atoms with Gasteiger partial charge in [-0.1, -0.05) is 30.3 Å². The molecule has 0 aliphatic carbocycles. The molecule has 0 unspecified atom stereocenters. The molecule has 8 heteroatoms. The minimum Gasteiger partial charge on any atom is -0.327 e. The summed E-state index contributed by atoms with van der Waals surface area (Å²) >= 11 is 0. The van der Waals surface area contributed by atoms with Crippen LogP contribution in [0.4, 0.5) is 5.82 Å². The van der Waals surface area contributed by atoms with Gasteiger partial charge in [0.15, 0.2) is 5.82 Å². The molecular formula is C25H28N6O2. The lowest BCUT2D eigenvalue weighted by molar-refractivity contribution is -0.118. The Morgan fingerprint density at radius 1 is 1.12 bits per heavy atom. The first kappa shape index (κ1) is 21.3. The zero-order chi connectivity index (χ0) is 22.8. The molecule has 170 valence electrons. The molecule has 2 amide bonds. The van der Waals surface area contributed by atoms with Crippen LogP contribution in [0.15, 0.2) is 42.6 Å². The van der Waals surface area contributed by atoms with E-state index in [1.165, 1.54) is 5.56 Å². The van der Waals surface area contributed by atoms with Crippen LogP contribution >= 0.6 is 0 Å². The van der Waals surface area contributed by atoms with E-state index in [1.54, 1.807) is 12.3 Å². The Morgan fingerprint density at radius 3 is 2.76 bits per heavy atom. The largest absolute Gasteiger partial charge is 0.327 e. The van der Waals surface area contributed by atoms with Crippen molar-refractivity contribution in [1.82, 2.24) is 25.1 Å². The fraction of sp³-hybridized carbons (Fsp3) is 0.400. The van der Waals surface area contributed by atoms with E-state index in [1.807, 2.05) is 34.9 Å². The third kappa shape index (κ3) is 4.25. The number of aromatic amines is 1. The van der Waals surface area contributed by atoms with Crippen LogP contribution in [-0.2, 0) is 17.6 Å². The Morgan fingerprint density at radius 2 is 1.97 bits per heavy atom. The molecule has 1 saturated heterocycles. The van der Waals surface area contributed by atoms with Crippen molar-refractivity contribution in [3.8, 4) is 0 Å². The van der Waals surface area contributed by atoms with E-state index in [4.69, 9.17) is 9.97 Å². The summed E-state index contributed by atoms with van der Waals surface area (Å²) in [7, 11) is 0. The van der Waals surface area contributed by atoms with E-state index in [0.717, 1.165) is 36.9 Å². The molecule has 4 heterocycles. The van der Waals surface area contributed by atoms with Crippen LogP contribution < -0.4 is 4.90 Å². The molecule has 2 aromatic heterocycles. The number of fused-ring (bicyclic) bond motifs is 1. The third-order valence-electron chi connectivity index (χ3n) is 6.61. The lowest BCUT2D eigenvalue weighted by Gasteiger charge is -2.36. The van der Waals surface area contributed by atoms with Gasteiger partial charge in [-0.25, -0.2) is 9.97 Å². The molecule has 2 aliphatic heterocycles. The Bertz CT molecular complexity index is 1150. The molecule has 1 N–H and O–H groups in total. The number of anilines is 1. The van der Waals surface area contributed by atoms with E-state index >= 15 is 0 Å². The Kier molecular flexibility index (Phi) is 5.90. The molecule has 5 rings (SSSR count). The SMILES string of the molecule is Cc1nc([C@H]2CCCCN2C(=O)c2ccn[nH]2)nc2c1CCC(=O)N2CCc1ccccc1. The van der Waals surface area contributed by atoms with Gasteiger partial charge in [-0.15, -0.1) is 0 Å². The fourth-order valence-corrected chi connectivity index (χ4v) is 4.84. The van der Waals surface area contributed by atoms with Gasteiger partial charge >= 0.3 is 0 Å². The van der Waals surface area contributed by atoms with E-state index in [2.05, 4.69) is 22.3 Å². The maximum atomic E-state index is 13.1. The summed E-state index contributed by atoms with van der Waals surface area (Å²) in [6.07, 6.45) is 6.23. The Balaban J connectivity index is 1.46. The van der Waals surface area contributed by atoms with Crippen molar-refractivity contribution < 1.29 is 9.59 Å². The highest BCUT2D eigenvalue weighted by Gasteiger charge is 2.34. The number of carbonyl (C=O) groups excluding carboxylic acids is 2. The first-order valence-corrected chi connectivity index (χ1v) is 11.6. The van der Waals surface area contributed by atoms with E-state index in [-0.39, 0.29) is 17.9 Å². The molecule has 1 atom stereocenters. The minimum atomic E-state index is -0.216. The van der Waals surface area contributed by atoms with Crippen LogP contribution in [0, 0.1) is 6.92 Å². The minimum absolute atomic E-state index is 0.0896. The molecule has 8 nitrogen and oxygen atoms in total. The first-order chi connectivity index (χ1) is 16.1. The van der Waals surface area contributed by atoms with Crippen molar-refractivity contribution in [2.45, 2.75) is 51.5 Å². The first-order valence-electron chi connectivity index (χ1n) is 11.6. The van der Waals surface area contributed by atoms with Gasteiger partial charge in [-0.3, -0.25) is 19.6 Å². The van der Waals surface area contributed by atoms with Crippen LogP contribution in [0.25, 0.3) is 0 Å². The highest BCUT2D eigenvalue weighted by molar-refractivity contribution is 5.95. The summed E-state index contributed by atoms with van der Waals surface area (Å²) in [5, 5.41) is 6.70. The lowest BCUT2D eigenvalue weighted by atomic mass is 9.98. The molecule has 1 fully saturated rings. The number of aryl methyl sites for hydroxylation is 1. The highest BCUT2D eigenvalue weighted by Crippen LogP contribution is 2.34. The van der Waals surface area contributed by atoms with Gasteiger partial charge in [0, 0.05) is 37.0 Å². The van der Waals surface area contributed by atoms with Gasteiger partial charge in [0.2, 0.25) is 5.91 Å². The zero-order valence-electron chi connectivity index (χ0n) is 18.8. The topological polar surface area (TPSA) is 95.1 Å². The molecule has 3 aromatic rings. The number of H-pyrrole nitrogens is 1. The van der Waals surface area contributed by atoms with Gasteiger partial charge in [0.05, 0.1) is 6.04 Å². The summed E-state index contributed by atoms with van der Waals surface area (Å²) in [5.74, 6) is 1.34. The molecule has 1 aromatic carbocycles. The number of amides is 2. The van der Waals surface area contributed by atoms with Gasteiger partial charge < -0.3 is 4.90 Å². The lowest BCUT2D eigenvalue weighted by Crippen LogP contribution is -2.41. The van der Waals surface area contributed by atoms with Crippen molar-refractivity contribution in [2.75, 3.05) is 18.0 Å². The summed E-state index contributed by atoms with van der Waals surface area (Å²) in [6.45, 7) is 3.21. The number of likely N-dealkylation sites (tertiary alicyclic amines) is 1. The number of piperidine rings is 1. The van der Waals surface area contributed by atoms with Gasteiger partial charge in [-0.2, -0.15) is 5.10 Å². The van der Waals surface area contributed by atoms with Crippen LogP contribution in [0.5, 0.6) is 0 Å². The second kappa shape index (κ2) is 9.13. The number of nitrogens with zero attached hydrogens (tertiary/aromatic N) is 5. The van der Waals surface area contributed by atoms with Crippen molar-refractivity contribution >= 4 is 17.6 Å². The normalized spacial score (nSPS) is 18.3. The zero-order valence-corrected chi connectivity index (χ0v) is 18.8. The second-order valence-corrected chi connectivity index (χ2v) is 8.73. The highest BCUT2D eigenvalue weighted by atomic mass is 16.2. The monoisotopic (exact) mass is 444 g/mol. The van der Waals surface area contributed by atoms with Crippen LogP contribution in [0.2, 0.25) is 0 Å². The predicted molar refractivity (Wildman–Crippen MR) is 124 cm³/mol. The van der Waals surface area contributed by atoms with Gasteiger partial charge in [0.25, 0.3) is 5.91 Å². The Labute approximate surface area is 193 Å².